The lowest BCUT2D eigenvalue weighted by molar-refractivity contribution is -0.135. The Bertz CT molecular complexity index is 1080. The number of anilines is 1. The van der Waals surface area contributed by atoms with E-state index in [0.717, 1.165) is 24.3 Å². The van der Waals surface area contributed by atoms with Crippen LogP contribution in [0.5, 0.6) is 0 Å². The maximum absolute atomic E-state index is 13.1. The highest BCUT2D eigenvalue weighted by atomic mass is 35.5. The molecule has 1 saturated heterocycles. The van der Waals surface area contributed by atoms with Gasteiger partial charge in [-0.3, -0.25) is 14.3 Å². The molecular weight excluding hydrogens is 445 g/mol. The van der Waals surface area contributed by atoms with Crippen LogP contribution in [0.4, 0.5) is 10.1 Å². The molecule has 1 aliphatic heterocycles. The van der Waals surface area contributed by atoms with Gasteiger partial charge in [-0.15, -0.1) is 0 Å². The second kappa shape index (κ2) is 9.23. The van der Waals surface area contributed by atoms with Gasteiger partial charge in [0.25, 0.3) is 15.9 Å². The zero-order valence-electron chi connectivity index (χ0n) is 17.1. The van der Waals surface area contributed by atoms with Gasteiger partial charge in [0.1, 0.15) is 5.82 Å². The van der Waals surface area contributed by atoms with Gasteiger partial charge >= 0.3 is 0 Å². The fourth-order valence-electron chi connectivity index (χ4n) is 3.23. The van der Waals surface area contributed by atoms with Crippen LogP contribution in [0.1, 0.15) is 24.2 Å². The zero-order chi connectivity index (χ0) is 22.8. The second-order valence-electron chi connectivity index (χ2n) is 7.53. The molecule has 3 rings (SSSR count). The Kier molecular flexibility index (Phi) is 6.86. The third kappa shape index (κ3) is 5.34. The van der Waals surface area contributed by atoms with E-state index in [-0.39, 0.29) is 38.9 Å². The summed E-state index contributed by atoms with van der Waals surface area (Å²) in [5.74, 6) is -0.887. The van der Waals surface area contributed by atoms with Crippen LogP contribution in [0.15, 0.2) is 47.4 Å². The van der Waals surface area contributed by atoms with E-state index >= 15 is 0 Å². The van der Waals surface area contributed by atoms with Gasteiger partial charge in [0.2, 0.25) is 5.91 Å². The number of carbonyl (C=O) groups is 2. The van der Waals surface area contributed by atoms with Gasteiger partial charge in [-0.2, -0.15) is 0 Å². The van der Waals surface area contributed by atoms with Crippen molar-refractivity contribution in [2.45, 2.75) is 18.7 Å². The van der Waals surface area contributed by atoms with Gasteiger partial charge in [0.05, 0.1) is 15.6 Å². The maximum atomic E-state index is 13.1. The van der Waals surface area contributed by atoms with E-state index in [9.17, 15) is 22.4 Å². The number of piperazine rings is 1. The number of hydrogen-bond acceptors (Lipinski definition) is 4. The minimum Gasteiger partial charge on any atom is -0.339 e. The number of benzene rings is 2. The van der Waals surface area contributed by atoms with Crippen LogP contribution in [-0.4, -0.2) is 56.2 Å². The first-order valence-corrected chi connectivity index (χ1v) is 11.6. The van der Waals surface area contributed by atoms with E-state index in [1.807, 2.05) is 13.8 Å². The molecule has 0 atom stereocenters. The minimum atomic E-state index is -4.02. The molecule has 7 nitrogen and oxygen atoms in total. The highest BCUT2D eigenvalue weighted by Crippen LogP contribution is 2.27. The van der Waals surface area contributed by atoms with Gasteiger partial charge in [0.15, 0.2) is 0 Å². The number of nitrogens with one attached hydrogen (secondary N) is 1. The second-order valence-corrected chi connectivity index (χ2v) is 9.62. The molecular formula is C21H23ClFN3O4S. The van der Waals surface area contributed by atoms with Crippen molar-refractivity contribution in [1.82, 2.24) is 9.80 Å². The summed E-state index contributed by atoms with van der Waals surface area (Å²) < 4.78 is 40.6. The number of carbonyl (C=O) groups excluding carboxylic acids is 2. The van der Waals surface area contributed by atoms with Crippen LogP contribution in [-0.2, 0) is 14.8 Å². The SMILES string of the molecule is CC(C)C(=O)N1CCN(C(=O)c2ccc(Cl)c(NS(=O)(=O)c3ccc(F)cc3)c2)CC1. The molecule has 0 aromatic heterocycles. The van der Waals surface area contributed by atoms with Crippen molar-refractivity contribution in [2.75, 3.05) is 30.9 Å². The lowest BCUT2D eigenvalue weighted by Gasteiger charge is -2.35. The summed E-state index contributed by atoms with van der Waals surface area (Å²) in [7, 11) is -4.02. The molecule has 1 heterocycles. The fourth-order valence-corrected chi connectivity index (χ4v) is 4.52. The van der Waals surface area contributed by atoms with Crippen molar-refractivity contribution in [3.8, 4) is 0 Å². The summed E-state index contributed by atoms with van der Waals surface area (Å²) in [5, 5.41) is 0.120. The molecule has 0 spiro atoms. The molecule has 0 radical (unpaired) electrons. The first-order chi connectivity index (χ1) is 14.6. The van der Waals surface area contributed by atoms with E-state index < -0.39 is 15.8 Å². The Labute approximate surface area is 185 Å². The number of hydrogen-bond donors (Lipinski definition) is 1. The Morgan fingerprint density at radius 2 is 1.58 bits per heavy atom. The highest BCUT2D eigenvalue weighted by Gasteiger charge is 2.26. The first kappa shape index (κ1) is 23.0. The topological polar surface area (TPSA) is 86.8 Å². The standard InChI is InChI=1S/C21H23ClFN3O4S/c1-14(2)20(27)25-9-11-26(12-10-25)21(28)15-3-8-18(22)19(13-15)24-31(29,30)17-6-4-16(23)5-7-17/h3-8,13-14,24H,9-12H2,1-2H3. The van der Waals surface area contributed by atoms with Crippen LogP contribution in [0, 0.1) is 11.7 Å². The van der Waals surface area contributed by atoms with Crippen LogP contribution in [0.3, 0.4) is 0 Å². The molecule has 1 fully saturated rings. The third-order valence-corrected chi connectivity index (χ3v) is 6.67. The van der Waals surface area contributed by atoms with Gasteiger partial charge in [-0.05, 0) is 42.5 Å². The van der Waals surface area contributed by atoms with Crippen molar-refractivity contribution in [2.24, 2.45) is 5.92 Å². The summed E-state index contributed by atoms with van der Waals surface area (Å²) in [6.45, 7) is 5.33. The number of nitrogens with zero attached hydrogens (tertiary/aromatic N) is 2. The van der Waals surface area contributed by atoms with E-state index in [2.05, 4.69) is 4.72 Å². The van der Waals surface area contributed by atoms with Crippen LogP contribution >= 0.6 is 11.6 Å². The normalized spacial score (nSPS) is 14.6. The average Bonchev–Trinajstić information content (AvgIpc) is 2.74. The molecule has 2 amide bonds. The van der Waals surface area contributed by atoms with Gasteiger partial charge < -0.3 is 9.80 Å². The van der Waals surface area contributed by atoms with Crippen molar-refractivity contribution < 1.29 is 22.4 Å². The Morgan fingerprint density at radius 3 is 2.16 bits per heavy atom. The Hall–Kier alpha value is -2.65. The number of rotatable bonds is 5. The summed E-state index contributed by atoms with van der Waals surface area (Å²) in [4.78, 5) is 28.2. The van der Waals surface area contributed by atoms with E-state index in [0.29, 0.717) is 26.2 Å². The van der Waals surface area contributed by atoms with Crippen LogP contribution in [0.25, 0.3) is 0 Å². The molecule has 1 aliphatic rings. The summed E-state index contributed by atoms with van der Waals surface area (Å²) in [5.41, 5.74) is 0.315. The summed E-state index contributed by atoms with van der Waals surface area (Å²) >= 11 is 6.13. The predicted octanol–water partition coefficient (Wildman–Crippen LogP) is 3.22. The lowest BCUT2D eigenvalue weighted by Crippen LogP contribution is -2.51. The first-order valence-electron chi connectivity index (χ1n) is 9.74. The van der Waals surface area contributed by atoms with Crippen molar-refractivity contribution >= 4 is 39.1 Å². The molecule has 31 heavy (non-hydrogen) atoms. The molecule has 1 N–H and O–H groups in total. The van der Waals surface area contributed by atoms with Crippen LogP contribution in [0.2, 0.25) is 5.02 Å². The number of halogens is 2. The molecule has 0 bridgehead atoms. The molecule has 2 aromatic carbocycles. The van der Waals surface area contributed by atoms with Gasteiger partial charge in [0, 0.05) is 37.7 Å². The lowest BCUT2D eigenvalue weighted by atomic mass is 10.1. The molecule has 0 unspecified atom stereocenters. The monoisotopic (exact) mass is 467 g/mol. The van der Waals surface area contributed by atoms with E-state index in [4.69, 9.17) is 11.6 Å². The fraction of sp³-hybridized carbons (Fsp3) is 0.333. The number of amides is 2. The van der Waals surface area contributed by atoms with Crippen LogP contribution < -0.4 is 4.72 Å². The summed E-state index contributed by atoms with van der Waals surface area (Å²) in [6.07, 6.45) is 0. The smallest absolute Gasteiger partial charge is 0.261 e. The van der Waals surface area contributed by atoms with Crippen molar-refractivity contribution in [3.63, 3.8) is 0 Å². The van der Waals surface area contributed by atoms with Crippen molar-refractivity contribution in [1.29, 1.82) is 0 Å². The quantitative estimate of drug-likeness (QED) is 0.731. The molecule has 2 aromatic rings. The zero-order valence-corrected chi connectivity index (χ0v) is 18.7. The van der Waals surface area contributed by atoms with E-state index in [1.165, 1.54) is 18.2 Å². The van der Waals surface area contributed by atoms with E-state index in [1.54, 1.807) is 9.80 Å². The Morgan fingerprint density at radius 1 is 1.00 bits per heavy atom. The van der Waals surface area contributed by atoms with Gasteiger partial charge in [-0.1, -0.05) is 25.4 Å². The predicted molar refractivity (Wildman–Crippen MR) is 116 cm³/mol. The highest BCUT2D eigenvalue weighted by molar-refractivity contribution is 7.92. The minimum absolute atomic E-state index is 0.0467. The van der Waals surface area contributed by atoms with Crippen molar-refractivity contribution in [3.05, 3.63) is 58.9 Å². The largest absolute Gasteiger partial charge is 0.339 e. The maximum Gasteiger partial charge on any atom is 0.261 e. The van der Waals surface area contributed by atoms with Gasteiger partial charge in [-0.25, -0.2) is 12.8 Å². The molecule has 0 saturated carbocycles. The average molecular weight is 468 g/mol. The summed E-state index contributed by atoms with van der Waals surface area (Å²) in [6, 6.07) is 8.69. The number of sulfonamides is 1. The molecule has 0 aliphatic carbocycles. The third-order valence-electron chi connectivity index (χ3n) is 4.95. The molecule has 166 valence electrons. The molecule has 10 heteroatoms. The Balaban J connectivity index is 1.74.